The lowest BCUT2D eigenvalue weighted by Crippen LogP contribution is -2.47. The Morgan fingerprint density at radius 1 is 1.00 bits per heavy atom. The van der Waals surface area contributed by atoms with E-state index in [1.165, 1.54) is 12.1 Å². The molecule has 1 atom stereocenters. The predicted octanol–water partition coefficient (Wildman–Crippen LogP) is 3.81. The highest BCUT2D eigenvalue weighted by Gasteiger charge is 2.27. The zero-order valence-electron chi connectivity index (χ0n) is 16.8. The van der Waals surface area contributed by atoms with Crippen molar-refractivity contribution in [1.29, 1.82) is 0 Å². The number of pyridine rings is 1. The smallest absolute Gasteiger partial charge is 0.254 e. The molecule has 2 aliphatic rings. The van der Waals surface area contributed by atoms with Crippen LogP contribution in [0.5, 0.6) is 0 Å². The molecule has 2 aliphatic heterocycles. The van der Waals surface area contributed by atoms with E-state index in [0.717, 1.165) is 63.4 Å². The molecule has 1 unspecified atom stereocenters. The molecular weight excluding hydrogens is 348 g/mol. The van der Waals surface area contributed by atoms with Gasteiger partial charge in [-0.25, -0.2) is 4.98 Å². The summed E-state index contributed by atoms with van der Waals surface area (Å²) in [5.41, 5.74) is 2.05. The fraction of sp³-hybridized carbons (Fsp3) is 0.478. The monoisotopic (exact) mass is 378 g/mol. The third-order valence-electron chi connectivity index (χ3n) is 6.08. The van der Waals surface area contributed by atoms with Gasteiger partial charge in [-0.2, -0.15) is 0 Å². The number of para-hydroxylation sites is 1. The number of hydrogen-bond acceptors (Lipinski definition) is 4. The second kappa shape index (κ2) is 8.63. The summed E-state index contributed by atoms with van der Waals surface area (Å²) in [6, 6.07) is 14.8. The SMILES string of the molecule is CCC1CCCCN1C(=O)c1ccnc(N2CCN(c3ccccc3)CC2)c1. The van der Waals surface area contributed by atoms with E-state index in [2.05, 4.69) is 56.9 Å². The molecule has 1 aromatic carbocycles. The van der Waals surface area contributed by atoms with Crippen molar-refractivity contribution in [2.24, 2.45) is 0 Å². The summed E-state index contributed by atoms with van der Waals surface area (Å²) in [4.78, 5) is 24.5. The van der Waals surface area contributed by atoms with Gasteiger partial charge in [0.1, 0.15) is 5.82 Å². The molecule has 4 rings (SSSR count). The number of benzene rings is 1. The first-order chi connectivity index (χ1) is 13.8. The van der Waals surface area contributed by atoms with Gasteiger partial charge in [-0.05, 0) is 49.9 Å². The molecule has 3 heterocycles. The highest BCUT2D eigenvalue weighted by Crippen LogP contribution is 2.24. The van der Waals surface area contributed by atoms with E-state index in [1.807, 2.05) is 12.1 Å². The number of amides is 1. The van der Waals surface area contributed by atoms with Crippen LogP contribution < -0.4 is 9.80 Å². The van der Waals surface area contributed by atoms with Gasteiger partial charge in [-0.1, -0.05) is 25.1 Å². The number of aromatic nitrogens is 1. The molecule has 2 aromatic rings. The van der Waals surface area contributed by atoms with E-state index in [-0.39, 0.29) is 5.91 Å². The van der Waals surface area contributed by atoms with Gasteiger partial charge in [0.2, 0.25) is 0 Å². The highest BCUT2D eigenvalue weighted by molar-refractivity contribution is 5.95. The zero-order chi connectivity index (χ0) is 19.3. The molecule has 2 saturated heterocycles. The van der Waals surface area contributed by atoms with Crippen LogP contribution in [0.4, 0.5) is 11.5 Å². The molecule has 1 aromatic heterocycles. The molecule has 28 heavy (non-hydrogen) atoms. The van der Waals surface area contributed by atoms with Crippen LogP contribution in [-0.4, -0.2) is 54.6 Å². The Morgan fingerprint density at radius 2 is 1.75 bits per heavy atom. The molecule has 0 radical (unpaired) electrons. The van der Waals surface area contributed by atoms with E-state index in [1.54, 1.807) is 6.20 Å². The number of piperazine rings is 1. The maximum Gasteiger partial charge on any atom is 0.254 e. The minimum atomic E-state index is 0.165. The third kappa shape index (κ3) is 3.98. The van der Waals surface area contributed by atoms with Crippen molar-refractivity contribution in [3.63, 3.8) is 0 Å². The Bertz CT molecular complexity index is 786. The number of nitrogens with zero attached hydrogens (tertiary/aromatic N) is 4. The summed E-state index contributed by atoms with van der Waals surface area (Å²) in [6.45, 7) is 6.83. The van der Waals surface area contributed by atoms with Crippen LogP contribution in [-0.2, 0) is 0 Å². The second-order valence-corrected chi connectivity index (χ2v) is 7.77. The van der Waals surface area contributed by atoms with Crippen LogP contribution in [0, 0.1) is 0 Å². The molecular formula is C23H30N4O. The number of likely N-dealkylation sites (tertiary alicyclic amines) is 1. The maximum atomic E-state index is 13.1. The lowest BCUT2D eigenvalue weighted by molar-refractivity contribution is 0.0608. The quantitative estimate of drug-likeness (QED) is 0.811. The first-order valence-corrected chi connectivity index (χ1v) is 10.6. The van der Waals surface area contributed by atoms with Crippen LogP contribution in [0.1, 0.15) is 43.0 Å². The van der Waals surface area contributed by atoms with Crippen LogP contribution in [0.3, 0.4) is 0 Å². The lowest BCUT2D eigenvalue weighted by Gasteiger charge is -2.37. The number of piperidine rings is 1. The second-order valence-electron chi connectivity index (χ2n) is 7.77. The van der Waals surface area contributed by atoms with Gasteiger partial charge in [0.15, 0.2) is 0 Å². The lowest BCUT2D eigenvalue weighted by atomic mass is 9.99. The standard InChI is InChI=1S/C23H30N4O/c1-2-20-8-6-7-13-27(20)23(28)19-11-12-24-22(18-19)26-16-14-25(15-17-26)21-9-4-3-5-10-21/h3-5,9-12,18,20H,2,6-8,13-17H2,1H3. The Morgan fingerprint density at radius 3 is 2.50 bits per heavy atom. The van der Waals surface area contributed by atoms with Gasteiger partial charge in [0, 0.05) is 56.2 Å². The molecule has 0 spiro atoms. The van der Waals surface area contributed by atoms with Gasteiger partial charge >= 0.3 is 0 Å². The summed E-state index contributed by atoms with van der Waals surface area (Å²) in [6.07, 6.45) is 6.29. The van der Waals surface area contributed by atoms with Gasteiger partial charge in [0.25, 0.3) is 5.91 Å². The van der Waals surface area contributed by atoms with Crippen molar-refractivity contribution in [3.05, 3.63) is 54.2 Å². The summed E-state index contributed by atoms with van der Waals surface area (Å²) >= 11 is 0. The number of carbonyl (C=O) groups excluding carboxylic acids is 1. The van der Waals surface area contributed by atoms with E-state index in [4.69, 9.17) is 0 Å². The largest absolute Gasteiger partial charge is 0.368 e. The van der Waals surface area contributed by atoms with E-state index >= 15 is 0 Å². The topological polar surface area (TPSA) is 39.7 Å². The van der Waals surface area contributed by atoms with Crippen LogP contribution in [0.2, 0.25) is 0 Å². The normalized spacial score (nSPS) is 20.3. The zero-order valence-corrected chi connectivity index (χ0v) is 16.8. The summed E-state index contributed by atoms with van der Waals surface area (Å²) in [5, 5.41) is 0. The first-order valence-electron chi connectivity index (χ1n) is 10.6. The van der Waals surface area contributed by atoms with Crippen molar-refractivity contribution in [1.82, 2.24) is 9.88 Å². The van der Waals surface area contributed by atoms with Gasteiger partial charge in [0.05, 0.1) is 0 Å². The predicted molar refractivity (Wildman–Crippen MR) is 114 cm³/mol. The average Bonchev–Trinajstić information content (AvgIpc) is 2.79. The van der Waals surface area contributed by atoms with Crippen LogP contribution in [0.15, 0.2) is 48.7 Å². The third-order valence-corrected chi connectivity index (χ3v) is 6.08. The van der Waals surface area contributed by atoms with Crippen molar-refractivity contribution in [3.8, 4) is 0 Å². The number of anilines is 2. The molecule has 5 heteroatoms. The minimum absolute atomic E-state index is 0.165. The summed E-state index contributed by atoms with van der Waals surface area (Å²) in [7, 11) is 0. The molecule has 0 saturated carbocycles. The molecule has 0 bridgehead atoms. The molecule has 0 N–H and O–H groups in total. The highest BCUT2D eigenvalue weighted by atomic mass is 16.2. The molecule has 148 valence electrons. The Labute approximate surface area is 168 Å². The summed E-state index contributed by atoms with van der Waals surface area (Å²) < 4.78 is 0. The van der Waals surface area contributed by atoms with Crippen molar-refractivity contribution >= 4 is 17.4 Å². The number of carbonyl (C=O) groups is 1. The van der Waals surface area contributed by atoms with Gasteiger partial charge in [-0.15, -0.1) is 0 Å². The number of rotatable bonds is 4. The van der Waals surface area contributed by atoms with Gasteiger partial charge in [-0.3, -0.25) is 4.79 Å². The van der Waals surface area contributed by atoms with Crippen molar-refractivity contribution in [2.75, 3.05) is 42.5 Å². The molecule has 1 amide bonds. The first kappa shape index (κ1) is 18.8. The van der Waals surface area contributed by atoms with Crippen molar-refractivity contribution in [2.45, 2.75) is 38.6 Å². The number of hydrogen-bond donors (Lipinski definition) is 0. The Kier molecular flexibility index (Phi) is 5.79. The maximum absolute atomic E-state index is 13.1. The Hall–Kier alpha value is -2.56. The van der Waals surface area contributed by atoms with E-state index in [0.29, 0.717) is 6.04 Å². The molecule has 0 aliphatic carbocycles. The van der Waals surface area contributed by atoms with Gasteiger partial charge < -0.3 is 14.7 Å². The van der Waals surface area contributed by atoms with E-state index in [9.17, 15) is 4.79 Å². The fourth-order valence-corrected chi connectivity index (χ4v) is 4.42. The van der Waals surface area contributed by atoms with Crippen LogP contribution in [0.25, 0.3) is 0 Å². The van der Waals surface area contributed by atoms with Crippen LogP contribution >= 0.6 is 0 Å². The Balaban J connectivity index is 1.43. The van der Waals surface area contributed by atoms with E-state index < -0.39 is 0 Å². The van der Waals surface area contributed by atoms with Crippen molar-refractivity contribution < 1.29 is 4.79 Å². The molecule has 5 nitrogen and oxygen atoms in total. The average molecular weight is 379 g/mol. The summed E-state index contributed by atoms with van der Waals surface area (Å²) in [5.74, 6) is 1.08. The minimum Gasteiger partial charge on any atom is -0.368 e. The molecule has 2 fully saturated rings. The fourth-order valence-electron chi connectivity index (χ4n) is 4.42.